The van der Waals surface area contributed by atoms with Crippen LogP contribution in [0.15, 0.2) is 0 Å². The summed E-state index contributed by atoms with van der Waals surface area (Å²) in [6, 6.07) is 0. The number of hydrogen-bond acceptors (Lipinski definition) is 4. The van der Waals surface area contributed by atoms with E-state index >= 15 is 0 Å². The monoisotopic (exact) mass is 359 g/mol. The average Bonchev–Trinajstić information content (AvgIpc) is 2.26. The van der Waals surface area contributed by atoms with Crippen molar-refractivity contribution in [3.63, 3.8) is 0 Å². The highest BCUT2D eigenvalue weighted by molar-refractivity contribution is 14.1. The molecule has 4 nitrogen and oxygen atoms in total. The number of hydrogen-bond donors (Lipinski definition) is 0. The van der Waals surface area contributed by atoms with E-state index in [2.05, 4.69) is 9.97 Å². The van der Waals surface area contributed by atoms with Crippen LogP contribution < -0.4 is 4.90 Å². The Balaban J connectivity index is 2.27. The maximum absolute atomic E-state index is 5.94. The Hall–Kier alpha value is 0.150. The Morgan fingerprint density at radius 2 is 1.67 bits per heavy atom. The summed E-state index contributed by atoms with van der Waals surface area (Å²) in [5.74, 6) is 0.578. The second-order valence-corrected chi connectivity index (χ2v) is 4.81. The molecular formula is C8H8Cl2IN3O. The third-order valence-electron chi connectivity index (χ3n) is 2.05. The van der Waals surface area contributed by atoms with Crippen molar-refractivity contribution in [3.05, 3.63) is 13.9 Å². The fourth-order valence-electron chi connectivity index (χ4n) is 1.29. The van der Waals surface area contributed by atoms with Gasteiger partial charge in [0.25, 0.3) is 0 Å². The van der Waals surface area contributed by atoms with Gasteiger partial charge in [-0.25, -0.2) is 0 Å². The molecule has 1 saturated heterocycles. The molecule has 0 N–H and O–H groups in total. The van der Waals surface area contributed by atoms with Gasteiger partial charge in [-0.2, -0.15) is 9.97 Å². The van der Waals surface area contributed by atoms with Crippen LogP contribution in [0, 0.1) is 3.57 Å². The van der Waals surface area contributed by atoms with Crippen LogP contribution in [0.5, 0.6) is 0 Å². The Kier molecular flexibility index (Phi) is 3.87. The van der Waals surface area contributed by atoms with Gasteiger partial charge in [-0.05, 0) is 22.6 Å². The zero-order chi connectivity index (χ0) is 10.8. The number of anilines is 1. The van der Waals surface area contributed by atoms with E-state index in [0.29, 0.717) is 33.0 Å². The summed E-state index contributed by atoms with van der Waals surface area (Å²) in [7, 11) is 0. The van der Waals surface area contributed by atoms with Gasteiger partial charge in [-0.15, -0.1) is 0 Å². The molecular weight excluding hydrogens is 352 g/mol. The van der Waals surface area contributed by atoms with Gasteiger partial charge < -0.3 is 9.64 Å². The van der Waals surface area contributed by atoms with Gasteiger partial charge in [0.15, 0.2) is 0 Å². The summed E-state index contributed by atoms with van der Waals surface area (Å²) in [5.41, 5.74) is 0. The fraction of sp³-hybridized carbons (Fsp3) is 0.500. The van der Waals surface area contributed by atoms with Crippen molar-refractivity contribution < 1.29 is 4.74 Å². The fourth-order valence-corrected chi connectivity index (χ4v) is 1.91. The van der Waals surface area contributed by atoms with E-state index in [9.17, 15) is 0 Å². The van der Waals surface area contributed by atoms with Crippen molar-refractivity contribution in [1.29, 1.82) is 0 Å². The number of morpholine rings is 1. The minimum absolute atomic E-state index is 0.400. The molecule has 0 spiro atoms. The minimum atomic E-state index is 0.400. The summed E-state index contributed by atoms with van der Waals surface area (Å²) in [4.78, 5) is 10.4. The van der Waals surface area contributed by atoms with E-state index in [1.807, 2.05) is 27.5 Å². The van der Waals surface area contributed by atoms with Gasteiger partial charge in [0.2, 0.25) is 5.95 Å². The lowest BCUT2D eigenvalue weighted by atomic mass is 10.4. The third kappa shape index (κ3) is 2.64. The average molecular weight is 360 g/mol. The molecule has 2 rings (SSSR count). The minimum Gasteiger partial charge on any atom is -0.378 e. The molecule has 0 aliphatic carbocycles. The van der Waals surface area contributed by atoms with Crippen molar-refractivity contribution in [2.45, 2.75) is 0 Å². The smallest absolute Gasteiger partial charge is 0.228 e. The molecule has 0 unspecified atom stereocenters. The van der Waals surface area contributed by atoms with E-state index in [1.54, 1.807) is 0 Å². The summed E-state index contributed by atoms with van der Waals surface area (Å²) >= 11 is 13.9. The lowest BCUT2D eigenvalue weighted by molar-refractivity contribution is 0.122. The summed E-state index contributed by atoms with van der Waals surface area (Å²) in [6.45, 7) is 2.91. The van der Waals surface area contributed by atoms with Gasteiger partial charge >= 0.3 is 0 Å². The Bertz CT molecular complexity index is 348. The van der Waals surface area contributed by atoms with Crippen LogP contribution in [0.1, 0.15) is 0 Å². The lowest BCUT2D eigenvalue weighted by Gasteiger charge is -2.26. The van der Waals surface area contributed by atoms with E-state index in [-0.39, 0.29) is 0 Å². The van der Waals surface area contributed by atoms with Crippen molar-refractivity contribution in [2.75, 3.05) is 31.2 Å². The predicted molar refractivity (Wildman–Crippen MR) is 67.8 cm³/mol. The molecule has 82 valence electrons. The third-order valence-corrected chi connectivity index (χ3v) is 4.26. The van der Waals surface area contributed by atoms with Crippen molar-refractivity contribution in [3.8, 4) is 0 Å². The van der Waals surface area contributed by atoms with Gasteiger partial charge in [0.05, 0.1) is 16.8 Å². The molecule has 1 aromatic heterocycles. The second kappa shape index (κ2) is 4.99. The number of nitrogens with zero attached hydrogens (tertiary/aromatic N) is 3. The largest absolute Gasteiger partial charge is 0.378 e. The second-order valence-electron chi connectivity index (χ2n) is 3.02. The highest BCUT2D eigenvalue weighted by Crippen LogP contribution is 2.25. The van der Waals surface area contributed by atoms with Crippen LogP contribution in [-0.2, 0) is 4.74 Å². The van der Waals surface area contributed by atoms with Crippen LogP contribution in [0.2, 0.25) is 10.3 Å². The molecule has 1 fully saturated rings. The molecule has 0 bridgehead atoms. The topological polar surface area (TPSA) is 38.2 Å². The summed E-state index contributed by atoms with van der Waals surface area (Å²) in [6.07, 6.45) is 0. The van der Waals surface area contributed by atoms with E-state index in [0.717, 1.165) is 13.1 Å². The molecule has 0 saturated carbocycles. The van der Waals surface area contributed by atoms with Crippen LogP contribution in [-0.4, -0.2) is 36.3 Å². The molecule has 7 heteroatoms. The standard InChI is InChI=1S/C8H8Cl2IN3O/c9-6-5(11)7(10)13-8(12-6)14-1-3-15-4-2-14/h1-4H2. The van der Waals surface area contributed by atoms with Crippen LogP contribution in [0.3, 0.4) is 0 Å². The van der Waals surface area contributed by atoms with E-state index < -0.39 is 0 Å². The number of aromatic nitrogens is 2. The van der Waals surface area contributed by atoms with Gasteiger partial charge in [0.1, 0.15) is 10.3 Å². The molecule has 15 heavy (non-hydrogen) atoms. The van der Waals surface area contributed by atoms with Crippen molar-refractivity contribution in [2.24, 2.45) is 0 Å². The molecule has 1 aliphatic rings. The number of rotatable bonds is 1. The molecule has 1 aromatic rings. The molecule has 1 aliphatic heterocycles. The first-order valence-electron chi connectivity index (χ1n) is 4.39. The Morgan fingerprint density at radius 3 is 2.20 bits per heavy atom. The van der Waals surface area contributed by atoms with Gasteiger partial charge in [-0.1, -0.05) is 23.2 Å². The predicted octanol–water partition coefficient (Wildman–Crippen LogP) is 2.22. The summed E-state index contributed by atoms with van der Waals surface area (Å²) < 4.78 is 5.93. The molecule has 0 aromatic carbocycles. The van der Waals surface area contributed by atoms with Crippen LogP contribution in [0.4, 0.5) is 5.95 Å². The van der Waals surface area contributed by atoms with E-state index in [4.69, 9.17) is 27.9 Å². The zero-order valence-electron chi connectivity index (χ0n) is 7.71. The molecule has 2 heterocycles. The zero-order valence-corrected chi connectivity index (χ0v) is 11.4. The normalized spacial score (nSPS) is 16.9. The first-order valence-corrected chi connectivity index (χ1v) is 6.23. The molecule has 0 amide bonds. The van der Waals surface area contributed by atoms with Crippen LogP contribution in [0.25, 0.3) is 0 Å². The lowest BCUT2D eigenvalue weighted by Crippen LogP contribution is -2.37. The SMILES string of the molecule is Clc1nc(N2CCOCC2)nc(Cl)c1I. The van der Waals surface area contributed by atoms with Crippen molar-refractivity contribution >= 4 is 51.7 Å². The highest BCUT2D eigenvalue weighted by Gasteiger charge is 2.16. The van der Waals surface area contributed by atoms with E-state index in [1.165, 1.54) is 0 Å². The van der Waals surface area contributed by atoms with Gasteiger partial charge in [0, 0.05) is 13.1 Å². The first-order chi connectivity index (χ1) is 7.18. The maximum atomic E-state index is 5.94. The quantitative estimate of drug-likeness (QED) is 0.569. The number of halogens is 3. The van der Waals surface area contributed by atoms with Crippen molar-refractivity contribution in [1.82, 2.24) is 9.97 Å². The summed E-state index contributed by atoms with van der Waals surface area (Å²) in [5, 5.41) is 0.800. The van der Waals surface area contributed by atoms with Crippen LogP contribution >= 0.6 is 45.8 Å². The Morgan fingerprint density at radius 1 is 1.13 bits per heavy atom. The number of ether oxygens (including phenoxy) is 1. The first kappa shape index (κ1) is 11.6. The molecule has 0 radical (unpaired) electrons. The Labute approximate surface area is 111 Å². The van der Waals surface area contributed by atoms with Gasteiger partial charge in [-0.3, -0.25) is 0 Å². The highest BCUT2D eigenvalue weighted by atomic mass is 127. The molecule has 0 atom stereocenters. The maximum Gasteiger partial charge on any atom is 0.228 e.